The molecule has 0 aliphatic carbocycles. The van der Waals surface area contributed by atoms with E-state index in [0.717, 1.165) is 24.9 Å². The van der Waals surface area contributed by atoms with Gasteiger partial charge in [-0.1, -0.05) is 0 Å². The Morgan fingerprint density at radius 1 is 1.33 bits per heavy atom. The van der Waals surface area contributed by atoms with Gasteiger partial charge in [0.05, 0.1) is 0 Å². The molecule has 1 atom stereocenters. The average Bonchev–Trinajstić information content (AvgIpc) is 2.29. The summed E-state index contributed by atoms with van der Waals surface area (Å²) in [5, 5.41) is 0.476. The van der Waals surface area contributed by atoms with Crippen molar-refractivity contribution in [1.29, 1.82) is 0 Å². The normalized spacial score (nSPS) is 21.4. The van der Waals surface area contributed by atoms with Crippen LogP contribution < -0.4 is 4.90 Å². The SMILES string of the molecule is O=Cc1ccc(N2CCCC(S)C2)cc1. The fraction of sp³-hybridized carbons (Fsp3) is 0.417. The highest BCUT2D eigenvalue weighted by atomic mass is 32.1. The Kier molecular flexibility index (Phi) is 3.31. The third-order valence-electron chi connectivity index (χ3n) is 2.79. The van der Waals surface area contributed by atoms with E-state index in [9.17, 15) is 4.79 Å². The topological polar surface area (TPSA) is 20.3 Å². The van der Waals surface area contributed by atoms with Gasteiger partial charge in [-0.2, -0.15) is 12.6 Å². The van der Waals surface area contributed by atoms with Gasteiger partial charge in [0, 0.05) is 29.6 Å². The first-order valence-corrected chi connectivity index (χ1v) is 5.79. The van der Waals surface area contributed by atoms with E-state index in [0.29, 0.717) is 5.25 Å². The van der Waals surface area contributed by atoms with Crippen molar-refractivity contribution >= 4 is 24.6 Å². The zero-order valence-corrected chi connectivity index (χ0v) is 9.49. The number of anilines is 1. The van der Waals surface area contributed by atoms with Crippen molar-refractivity contribution in [2.75, 3.05) is 18.0 Å². The number of benzene rings is 1. The van der Waals surface area contributed by atoms with Gasteiger partial charge in [0.2, 0.25) is 0 Å². The Labute approximate surface area is 95.7 Å². The van der Waals surface area contributed by atoms with Crippen LogP contribution in [0.3, 0.4) is 0 Å². The zero-order chi connectivity index (χ0) is 10.7. The first-order valence-electron chi connectivity index (χ1n) is 5.28. The van der Waals surface area contributed by atoms with Crippen molar-refractivity contribution in [3.63, 3.8) is 0 Å². The lowest BCUT2D eigenvalue weighted by molar-refractivity contribution is 0.112. The maximum atomic E-state index is 10.5. The van der Waals surface area contributed by atoms with Crippen LogP contribution in [0.1, 0.15) is 23.2 Å². The molecular weight excluding hydrogens is 206 g/mol. The number of rotatable bonds is 2. The molecule has 1 aliphatic rings. The van der Waals surface area contributed by atoms with Gasteiger partial charge in [0.15, 0.2) is 0 Å². The molecule has 1 aromatic rings. The molecule has 0 aromatic heterocycles. The van der Waals surface area contributed by atoms with E-state index in [4.69, 9.17) is 0 Å². The predicted octanol–water partition coefficient (Wildman–Crippen LogP) is 2.40. The highest BCUT2D eigenvalue weighted by molar-refractivity contribution is 7.81. The van der Waals surface area contributed by atoms with E-state index >= 15 is 0 Å². The first kappa shape index (κ1) is 10.6. The highest BCUT2D eigenvalue weighted by Crippen LogP contribution is 2.22. The molecule has 0 radical (unpaired) electrons. The Hall–Kier alpha value is -0.960. The highest BCUT2D eigenvalue weighted by Gasteiger charge is 2.16. The molecule has 2 rings (SSSR count). The van der Waals surface area contributed by atoms with Gasteiger partial charge in [-0.25, -0.2) is 0 Å². The second-order valence-corrected chi connectivity index (χ2v) is 4.68. The van der Waals surface area contributed by atoms with Crippen LogP contribution in [0, 0.1) is 0 Å². The predicted molar refractivity (Wildman–Crippen MR) is 66.1 cm³/mol. The van der Waals surface area contributed by atoms with Crippen LogP contribution in [0.4, 0.5) is 5.69 Å². The van der Waals surface area contributed by atoms with Crippen LogP contribution in [0.2, 0.25) is 0 Å². The Morgan fingerprint density at radius 3 is 2.67 bits per heavy atom. The number of piperidine rings is 1. The summed E-state index contributed by atoms with van der Waals surface area (Å²) in [5.41, 5.74) is 1.93. The molecule has 0 N–H and O–H groups in total. The summed E-state index contributed by atoms with van der Waals surface area (Å²) in [5.74, 6) is 0. The molecule has 1 fully saturated rings. The zero-order valence-electron chi connectivity index (χ0n) is 8.60. The second-order valence-electron chi connectivity index (χ2n) is 3.95. The van der Waals surface area contributed by atoms with E-state index in [1.807, 2.05) is 24.3 Å². The van der Waals surface area contributed by atoms with Crippen LogP contribution in [0.25, 0.3) is 0 Å². The number of aldehydes is 1. The molecule has 0 bridgehead atoms. The Bertz CT molecular complexity index is 336. The number of carbonyl (C=O) groups is 1. The molecule has 1 unspecified atom stereocenters. The summed E-state index contributed by atoms with van der Waals surface area (Å²) in [6, 6.07) is 7.75. The maximum absolute atomic E-state index is 10.5. The molecule has 1 aromatic carbocycles. The lowest BCUT2D eigenvalue weighted by Crippen LogP contribution is -2.35. The van der Waals surface area contributed by atoms with Crippen molar-refractivity contribution in [3.8, 4) is 0 Å². The molecule has 15 heavy (non-hydrogen) atoms. The van der Waals surface area contributed by atoms with Crippen molar-refractivity contribution < 1.29 is 4.79 Å². The van der Waals surface area contributed by atoms with Gasteiger partial charge in [-0.15, -0.1) is 0 Å². The van der Waals surface area contributed by atoms with Crippen molar-refractivity contribution in [1.82, 2.24) is 0 Å². The fourth-order valence-electron chi connectivity index (χ4n) is 1.95. The molecule has 1 aliphatic heterocycles. The van der Waals surface area contributed by atoms with Gasteiger partial charge in [0.1, 0.15) is 6.29 Å². The summed E-state index contributed by atoms with van der Waals surface area (Å²) in [6.45, 7) is 2.10. The molecule has 0 saturated carbocycles. The molecule has 3 heteroatoms. The number of hydrogen-bond acceptors (Lipinski definition) is 3. The third-order valence-corrected chi connectivity index (χ3v) is 3.21. The first-order chi connectivity index (χ1) is 7.29. The molecule has 0 spiro atoms. The van der Waals surface area contributed by atoms with Gasteiger partial charge < -0.3 is 4.90 Å². The molecule has 1 saturated heterocycles. The maximum Gasteiger partial charge on any atom is 0.150 e. The number of thiol groups is 1. The summed E-state index contributed by atoms with van der Waals surface area (Å²) < 4.78 is 0. The van der Waals surface area contributed by atoms with Crippen LogP contribution in [-0.4, -0.2) is 24.6 Å². The largest absolute Gasteiger partial charge is 0.370 e. The summed E-state index contributed by atoms with van der Waals surface area (Å²) in [6.07, 6.45) is 3.27. The fourth-order valence-corrected chi connectivity index (χ4v) is 2.33. The van der Waals surface area contributed by atoms with Gasteiger partial charge >= 0.3 is 0 Å². The molecule has 1 heterocycles. The monoisotopic (exact) mass is 221 g/mol. The number of nitrogens with zero attached hydrogens (tertiary/aromatic N) is 1. The standard InChI is InChI=1S/C12H15NOS/c14-9-10-3-5-11(6-4-10)13-7-1-2-12(15)8-13/h3-6,9,12,15H,1-2,7-8H2. The van der Waals surface area contributed by atoms with E-state index in [1.165, 1.54) is 18.5 Å². The minimum absolute atomic E-state index is 0.476. The van der Waals surface area contributed by atoms with E-state index in [1.54, 1.807) is 0 Å². The minimum Gasteiger partial charge on any atom is -0.370 e. The van der Waals surface area contributed by atoms with E-state index in [-0.39, 0.29) is 0 Å². The molecular formula is C12H15NOS. The molecule has 2 nitrogen and oxygen atoms in total. The van der Waals surface area contributed by atoms with Gasteiger partial charge in [-0.3, -0.25) is 4.79 Å². The smallest absolute Gasteiger partial charge is 0.150 e. The summed E-state index contributed by atoms with van der Waals surface area (Å²) in [4.78, 5) is 12.8. The lowest BCUT2D eigenvalue weighted by Gasteiger charge is -2.32. The van der Waals surface area contributed by atoms with Crippen LogP contribution in [-0.2, 0) is 0 Å². The number of carbonyl (C=O) groups excluding carboxylic acids is 1. The third kappa shape index (κ3) is 2.53. The van der Waals surface area contributed by atoms with Gasteiger partial charge in [0.25, 0.3) is 0 Å². The van der Waals surface area contributed by atoms with Crippen LogP contribution in [0.5, 0.6) is 0 Å². The van der Waals surface area contributed by atoms with Crippen molar-refractivity contribution in [2.24, 2.45) is 0 Å². The Morgan fingerprint density at radius 2 is 2.07 bits per heavy atom. The Balaban J connectivity index is 2.11. The van der Waals surface area contributed by atoms with E-state index < -0.39 is 0 Å². The quantitative estimate of drug-likeness (QED) is 0.611. The number of hydrogen-bond donors (Lipinski definition) is 1. The lowest BCUT2D eigenvalue weighted by atomic mass is 10.1. The summed E-state index contributed by atoms with van der Waals surface area (Å²) >= 11 is 4.51. The van der Waals surface area contributed by atoms with Crippen LogP contribution in [0.15, 0.2) is 24.3 Å². The average molecular weight is 221 g/mol. The van der Waals surface area contributed by atoms with Crippen molar-refractivity contribution in [2.45, 2.75) is 18.1 Å². The molecule has 0 amide bonds. The van der Waals surface area contributed by atoms with Crippen molar-refractivity contribution in [3.05, 3.63) is 29.8 Å². The second kappa shape index (κ2) is 4.71. The summed E-state index contributed by atoms with van der Waals surface area (Å²) in [7, 11) is 0. The van der Waals surface area contributed by atoms with E-state index in [2.05, 4.69) is 17.5 Å². The van der Waals surface area contributed by atoms with Crippen LogP contribution >= 0.6 is 12.6 Å². The van der Waals surface area contributed by atoms with Gasteiger partial charge in [-0.05, 0) is 37.1 Å². The minimum atomic E-state index is 0.476. The molecule has 80 valence electrons.